The molecule has 0 heterocycles. The van der Waals surface area contributed by atoms with Crippen molar-refractivity contribution in [2.75, 3.05) is 6.54 Å². The maximum Gasteiger partial charge on any atom is 0.255 e. The highest BCUT2D eigenvalue weighted by molar-refractivity contribution is 5.97. The number of phenolic OH excluding ortho intramolecular Hbond substituents is 1. The lowest BCUT2D eigenvalue weighted by Crippen LogP contribution is -2.29. The van der Waals surface area contributed by atoms with E-state index in [-0.39, 0.29) is 11.7 Å². The normalized spacial score (nSPS) is 12.2. The van der Waals surface area contributed by atoms with Gasteiger partial charge in [0, 0.05) is 6.54 Å². The third-order valence-corrected chi connectivity index (χ3v) is 3.58. The maximum atomic E-state index is 12.0. The molecule has 0 saturated heterocycles. The smallest absolute Gasteiger partial charge is 0.255 e. The predicted molar refractivity (Wildman–Crippen MR) is 78.5 cm³/mol. The SMILES string of the molecule is CCCCC(CC)CNC(=O)c1cccc(C)c1O. The van der Waals surface area contributed by atoms with Crippen LogP contribution in [-0.4, -0.2) is 17.6 Å². The first-order chi connectivity index (χ1) is 9.10. The van der Waals surface area contributed by atoms with Crippen molar-refractivity contribution in [3.05, 3.63) is 29.3 Å². The molecule has 0 aliphatic rings. The van der Waals surface area contributed by atoms with Crippen LogP contribution in [0.5, 0.6) is 5.75 Å². The minimum atomic E-state index is -0.184. The molecular formula is C16H25NO2. The van der Waals surface area contributed by atoms with E-state index >= 15 is 0 Å². The fraction of sp³-hybridized carbons (Fsp3) is 0.562. The molecule has 0 saturated carbocycles. The quantitative estimate of drug-likeness (QED) is 0.789. The average Bonchev–Trinajstić information content (AvgIpc) is 2.42. The Morgan fingerprint density at radius 2 is 2.11 bits per heavy atom. The van der Waals surface area contributed by atoms with Gasteiger partial charge in [0.2, 0.25) is 0 Å². The molecule has 19 heavy (non-hydrogen) atoms. The van der Waals surface area contributed by atoms with Gasteiger partial charge in [0.15, 0.2) is 0 Å². The molecule has 1 atom stereocenters. The highest BCUT2D eigenvalue weighted by Crippen LogP contribution is 2.21. The summed E-state index contributed by atoms with van der Waals surface area (Å²) >= 11 is 0. The molecule has 1 aromatic carbocycles. The largest absolute Gasteiger partial charge is 0.507 e. The molecule has 0 bridgehead atoms. The fourth-order valence-electron chi connectivity index (χ4n) is 2.12. The molecule has 0 spiro atoms. The van der Waals surface area contributed by atoms with E-state index in [0.717, 1.165) is 18.4 Å². The number of phenols is 1. The zero-order chi connectivity index (χ0) is 14.3. The van der Waals surface area contributed by atoms with Crippen LogP contribution >= 0.6 is 0 Å². The van der Waals surface area contributed by atoms with Gasteiger partial charge in [-0.3, -0.25) is 4.79 Å². The van der Waals surface area contributed by atoms with Gasteiger partial charge in [-0.05, 0) is 30.9 Å². The Balaban J connectivity index is 2.57. The number of amides is 1. The van der Waals surface area contributed by atoms with Crippen molar-refractivity contribution in [3.63, 3.8) is 0 Å². The van der Waals surface area contributed by atoms with Crippen LogP contribution in [0.15, 0.2) is 18.2 Å². The van der Waals surface area contributed by atoms with E-state index in [9.17, 15) is 9.90 Å². The summed E-state index contributed by atoms with van der Waals surface area (Å²) in [6.07, 6.45) is 4.60. The molecule has 0 aromatic heterocycles. The molecular weight excluding hydrogens is 238 g/mol. The molecule has 0 aliphatic heterocycles. The third-order valence-electron chi connectivity index (χ3n) is 3.58. The number of hydrogen-bond acceptors (Lipinski definition) is 2. The van der Waals surface area contributed by atoms with Crippen LogP contribution in [-0.2, 0) is 0 Å². The Morgan fingerprint density at radius 1 is 1.37 bits per heavy atom. The van der Waals surface area contributed by atoms with Crippen molar-refractivity contribution in [3.8, 4) is 5.75 Å². The van der Waals surface area contributed by atoms with Crippen molar-refractivity contribution in [1.29, 1.82) is 0 Å². The highest BCUT2D eigenvalue weighted by Gasteiger charge is 2.14. The Bertz CT molecular complexity index is 415. The molecule has 1 unspecified atom stereocenters. The standard InChI is InChI=1S/C16H25NO2/c1-4-6-9-13(5-2)11-17-16(19)14-10-7-8-12(3)15(14)18/h7-8,10,13,18H,4-6,9,11H2,1-3H3,(H,17,19). The van der Waals surface area contributed by atoms with Gasteiger partial charge >= 0.3 is 0 Å². The van der Waals surface area contributed by atoms with Crippen LogP contribution in [0.25, 0.3) is 0 Å². The monoisotopic (exact) mass is 263 g/mol. The summed E-state index contributed by atoms with van der Waals surface area (Å²) in [5, 5.41) is 12.8. The molecule has 3 heteroatoms. The molecule has 0 fully saturated rings. The van der Waals surface area contributed by atoms with Gasteiger partial charge in [-0.1, -0.05) is 45.2 Å². The van der Waals surface area contributed by atoms with Crippen molar-refractivity contribution in [1.82, 2.24) is 5.32 Å². The van der Waals surface area contributed by atoms with E-state index < -0.39 is 0 Å². The Labute approximate surface area is 116 Å². The van der Waals surface area contributed by atoms with Crippen molar-refractivity contribution in [2.24, 2.45) is 5.92 Å². The maximum absolute atomic E-state index is 12.0. The van der Waals surface area contributed by atoms with Gasteiger partial charge in [0.05, 0.1) is 5.56 Å². The first-order valence-electron chi connectivity index (χ1n) is 7.16. The van der Waals surface area contributed by atoms with E-state index in [0.29, 0.717) is 18.0 Å². The zero-order valence-electron chi connectivity index (χ0n) is 12.2. The minimum Gasteiger partial charge on any atom is -0.507 e. The lowest BCUT2D eigenvalue weighted by atomic mass is 9.99. The molecule has 1 rings (SSSR count). The number of aryl methyl sites for hydroxylation is 1. The summed E-state index contributed by atoms with van der Waals surface area (Å²) in [6, 6.07) is 5.24. The highest BCUT2D eigenvalue weighted by atomic mass is 16.3. The summed E-state index contributed by atoms with van der Waals surface area (Å²) in [4.78, 5) is 12.0. The Morgan fingerprint density at radius 3 is 2.74 bits per heavy atom. The molecule has 1 aromatic rings. The van der Waals surface area contributed by atoms with E-state index in [1.807, 2.05) is 0 Å². The molecule has 1 amide bonds. The summed E-state index contributed by atoms with van der Waals surface area (Å²) in [5.41, 5.74) is 1.09. The first kappa shape index (κ1) is 15.5. The van der Waals surface area contributed by atoms with Gasteiger partial charge < -0.3 is 10.4 Å². The van der Waals surface area contributed by atoms with Crippen LogP contribution in [0.4, 0.5) is 0 Å². The number of unbranched alkanes of at least 4 members (excludes halogenated alkanes) is 1. The minimum absolute atomic E-state index is 0.0848. The zero-order valence-corrected chi connectivity index (χ0v) is 12.2. The predicted octanol–water partition coefficient (Wildman–Crippen LogP) is 3.65. The molecule has 3 nitrogen and oxygen atoms in total. The van der Waals surface area contributed by atoms with E-state index in [1.165, 1.54) is 12.8 Å². The van der Waals surface area contributed by atoms with Gasteiger partial charge in [-0.15, -0.1) is 0 Å². The number of nitrogens with one attached hydrogen (secondary N) is 1. The average molecular weight is 263 g/mol. The number of carbonyl (C=O) groups is 1. The second-order valence-corrected chi connectivity index (χ2v) is 5.10. The van der Waals surface area contributed by atoms with Crippen LogP contribution < -0.4 is 5.32 Å². The van der Waals surface area contributed by atoms with Gasteiger partial charge in [-0.25, -0.2) is 0 Å². The van der Waals surface area contributed by atoms with Crippen molar-refractivity contribution < 1.29 is 9.90 Å². The lowest BCUT2D eigenvalue weighted by Gasteiger charge is -2.15. The topological polar surface area (TPSA) is 49.3 Å². The molecule has 0 aliphatic carbocycles. The van der Waals surface area contributed by atoms with Gasteiger partial charge in [-0.2, -0.15) is 0 Å². The van der Waals surface area contributed by atoms with Gasteiger partial charge in [0.1, 0.15) is 5.75 Å². The van der Waals surface area contributed by atoms with Gasteiger partial charge in [0.25, 0.3) is 5.91 Å². The Kier molecular flexibility index (Phi) is 6.40. The van der Waals surface area contributed by atoms with E-state index in [4.69, 9.17) is 0 Å². The number of aromatic hydroxyl groups is 1. The lowest BCUT2D eigenvalue weighted by molar-refractivity contribution is 0.0943. The van der Waals surface area contributed by atoms with Crippen molar-refractivity contribution in [2.45, 2.75) is 46.5 Å². The fourth-order valence-corrected chi connectivity index (χ4v) is 2.12. The second-order valence-electron chi connectivity index (χ2n) is 5.10. The number of rotatable bonds is 7. The number of benzene rings is 1. The van der Waals surface area contributed by atoms with E-state index in [1.54, 1.807) is 25.1 Å². The molecule has 2 N–H and O–H groups in total. The first-order valence-corrected chi connectivity index (χ1v) is 7.16. The summed E-state index contributed by atoms with van der Waals surface area (Å²) in [5.74, 6) is 0.425. The van der Waals surface area contributed by atoms with Crippen molar-refractivity contribution >= 4 is 5.91 Å². The number of para-hydroxylation sites is 1. The third kappa shape index (κ3) is 4.58. The summed E-state index contributed by atoms with van der Waals surface area (Å²) in [6.45, 7) is 6.80. The summed E-state index contributed by atoms with van der Waals surface area (Å²) < 4.78 is 0. The number of carbonyl (C=O) groups excluding carboxylic acids is 1. The number of hydrogen-bond donors (Lipinski definition) is 2. The Hall–Kier alpha value is -1.51. The van der Waals surface area contributed by atoms with Crippen LogP contribution in [0, 0.1) is 12.8 Å². The van der Waals surface area contributed by atoms with Crippen LogP contribution in [0.3, 0.4) is 0 Å². The van der Waals surface area contributed by atoms with E-state index in [2.05, 4.69) is 19.2 Å². The molecule has 106 valence electrons. The van der Waals surface area contributed by atoms with Crippen LogP contribution in [0.2, 0.25) is 0 Å². The van der Waals surface area contributed by atoms with Crippen LogP contribution in [0.1, 0.15) is 55.5 Å². The summed E-state index contributed by atoms with van der Waals surface area (Å²) in [7, 11) is 0. The molecule has 0 radical (unpaired) electrons. The second kappa shape index (κ2) is 7.82.